The standard InChI is InChI=1S/C24H24ClN3O2S/c1-16-6-9-22-17(12-16)4-2-10-28(22)15-23(29)27-21-8-7-18(25)13-20(21)24(30)26-14-19-5-3-11-31-19/h3,5-9,11-13H,2,4,10,14-15H2,1H3,(H,26,30)(H,27,29). The third kappa shape index (κ3) is 5.27. The van der Waals surface area contributed by atoms with Gasteiger partial charge in [0.1, 0.15) is 0 Å². The zero-order valence-electron chi connectivity index (χ0n) is 17.3. The van der Waals surface area contributed by atoms with Gasteiger partial charge in [-0.05, 0) is 61.0 Å². The molecule has 1 aliphatic heterocycles. The predicted octanol–water partition coefficient (Wildman–Crippen LogP) is 5.03. The molecule has 0 unspecified atom stereocenters. The lowest BCUT2D eigenvalue weighted by atomic mass is 9.99. The first-order valence-corrected chi connectivity index (χ1v) is 11.5. The summed E-state index contributed by atoms with van der Waals surface area (Å²) in [6.07, 6.45) is 2.04. The monoisotopic (exact) mass is 453 g/mol. The first-order chi connectivity index (χ1) is 15.0. The Morgan fingerprint density at radius 3 is 2.84 bits per heavy atom. The van der Waals surface area contributed by atoms with Gasteiger partial charge < -0.3 is 15.5 Å². The molecule has 4 rings (SSSR count). The highest BCUT2D eigenvalue weighted by Crippen LogP contribution is 2.28. The summed E-state index contributed by atoms with van der Waals surface area (Å²) in [7, 11) is 0. The number of nitrogens with one attached hydrogen (secondary N) is 2. The summed E-state index contributed by atoms with van der Waals surface area (Å²) in [4.78, 5) is 28.8. The number of carbonyl (C=O) groups is 2. The number of amides is 2. The fraction of sp³-hybridized carbons (Fsp3) is 0.250. The highest BCUT2D eigenvalue weighted by atomic mass is 35.5. The largest absolute Gasteiger partial charge is 0.362 e. The van der Waals surface area contributed by atoms with Gasteiger partial charge in [0.25, 0.3) is 5.91 Å². The fourth-order valence-electron chi connectivity index (χ4n) is 3.82. The fourth-order valence-corrected chi connectivity index (χ4v) is 4.64. The van der Waals surface area contributed by atoms with Gasteiger partial charge in [-0.25, -0.2) is 0 Å². The quantitative estimate of drug-likeness (QED) is 0.550. The molecular weight excluding hydrogens is 430 g/mol. The van der Waals surface area contributed by atoms with Crippen LogP contribution in [0.15, 0.2) is 53.9 Å². The maximum absolute atomic E-state index is 12.8. The highest BCUT2D eigenvalue weighted by molar-refractivity contribution is 7.09. The van der Waals surface area contributed by atoms with E-state index in [0.717, 1.165) is 30.0 Å². The SMILES string of the molecule is Cc1ccc2c(c1)CCCN2CC(=O)Nc1ccc(Cl)cc1C(=O)NCc1cccs1. The van der Waals surface area contributed by atoms with Gasteiger partial charge in [-0.15, -0.1) is 11.3 Å². The number of nitrogens with zero attached hydrogens (tertiary/aromatic N) is 1. The van der Waals surface area contributed by atoms with Crippen molar-refractivity contribution in [2.24, 2.45) is 0 Å². The third-order valence-electron chi connectivity index (χ3n) is 5.29. The zero-order chi connectivity index (χ0) is 21.8. The molecule has 1 aliphatic rings. The van der Waals surface area contributed by atoms with Gasteiger partial charge in [0, 0.05) is 22.1 Å². The van der Waals surface area contributed by atoms with Crippen LogP contribution in [0.3, 0.4) is 0 Å². The van der Waals surface area contributed by atoms with Crippen LogP contribution in [0.5, 0.6) is 0 Å². The number of anilines is 2. The van der Waals surface area contributed by atoms with Crippen LogP contribution in [0.4, 0.5) is 11.4 Å². The minimum absolute atomic E-state index is 0.164. The Labute approximate surface area is 191 Å². The van der Waals surface area contributed by atoms with Crippen LogP contribution in [-0.4, -0.2) is 24.9 Å². The smallest absolute Gasteiger partial charge is 0.253 e. The van der Waals surface area contributed by atoms with E-state index in [9.17, 15) is 9.59 Å². The third-order valence-corrected chi connectivity index (χ3v) is 6.40. The van der Waals surface area contributed by atoms with Gasteiger partial charge in [-0.1, -0.05) is 35.4 Å². The van der Waals surface area contributed by atoms with Crippen molar-refractivity contribution in [3.05, 3.63) is 80.5 Å². The second-order valence-electron chi connectivity index (χ2n) is 7.66. The maximum atomic E-state index is 12.8. The first-order valence-electron chi connectivity index (χ1n) is 10.2. The summed E-state index contributed by atoms with van der Waals surface area (Å²) >= 11 is 7.70. The van der Waals surface area contributed by atoms with Crippen molar-refractivity contribution in [2.45, 2.75) is 26.3 Å². The number of thiophene rings is 1. The van der Waals surface area contributed by atoms with Crippen LogP contribution >= 0.6 is 22.9 Å². The molecule has 0 saturated heterocycles. The summed E-state index contributed by atoms with van der Waals surface area (Å²) in [6, 6.07) is 15.2. The molecule has 3 aromatic rings. The van der Waals surface area contributed by atoms with E-state index >= 15 is 0 Å². The minimum atomic E-state index is -0.273. The summed E-state index contributed by atoms with van der Waals surface area (Å²) in [6.45, 7) is 3.57. The van der Waals surface area contributed by atoms with Crippen LogP contribution < -0.4 is 15.5 Å². The van der Waals surface area contributed by atoms with Crippen molar-refractivity contribution in [1.29, 1.82) is 0 Å². The summed E-state index contributed by atoms with van der Waals surface area (Å²) in [5, 5.41) is 8.21. The summed E-state index contributed by atoms with van der Waals surface area (Å²) in [5.41, 5.74) is 4.42. The molecule has 0 radical (unpaired) electrons. The Hall–Kier alpha value is -2.83. The number of rotatable bonds is 6. The number of fused-ring (bicyclic) bond motifs is 1. The van der Waals surface area contributed by atoms with Crippen LogP contribution in [0.2, 0.25) is 5.02 Å². The van der Waals surface area contributed by atoms with E-state index in [-0.39, 0.29) is 18.4 Å². The molecule has 7 heteroatoms. The lowest BCUT2D eigenvalue weighted by Gasteiger charge is -2.31. The summed E-state index contributed by atoms with van der Waals surface area (Å²) < 4.78 is 0. The molecule has 2 aromatic carbocycles. The molecule has 2 N–H and O–H groups in total. The summed E-state index contributed by atoms with van der Waals surface area (Å²) in [5.74, 6) is -0.437. The maximum Gasteiger partial charge on any atom is 0.253 e. The van der Waals surface area contributed by atoms with E-state index in [2.05, 4.69) is 40.7 Å². The van der Waals surface area contributed by atoms with Crippen LogP contribution in [-0.2, 0) is 17.8 Å². The van der Waals surface area contributed by atoms with Crippen molar-refractivity contribution in [1.82, 2.24) is 5.32 Å². The van der Waals surface area contributed by atoms with Crippen LogP contribution in [0, 0.1) is 6.92 Å². The topological polar surface area (TPSA) is 61.4 Å². The number of hydrogen-bond donors (Lipinski definition) is 2. The molecule has 1 aromatic heterocycles. The molecule has 0 saturated carbocycles. The molecule has 0 bridgehead atoms. The Balaban J connectivity index is 1.46. The molecule has 0 aliphatic carbocycles. The van der Waals surface area contributed by atoms with Crippen LogP contribution in [0.25, 0.3) is 0 Å². The Morgan fingerprint density at radius 1 is 1.16 bits per heavy atom. The lowest BCUT2D eigenvalue weighted by Crippen LogP contribution is -2.37. The van der Waals surface area contributed by atoms with Gasteiger partial charge in [0.05, 0.1) is 24.3 Å². The van der Waals surface area contributed by atoms with Crippen molar-refractivity contribution in [3.63, 3.8) is 0 Å². The van der Waals surface area contributed by atoms with Crippen molar-refractivity contribution < 1.29 is 9.59 Å². The van der Waals surface area contributed by atoms with Gasteiger partial charge in [-0.2, -0.15) is 0 Å². The Bertz CT molecular complexity index is 1100. The van der Waals surface area contributed by atoms with Gasteiger partial charge in [-0.3, -0.25) is 9.59 Å². The second kappa shape index (κ2) is 9.54. The molecule has 0 spiro atoms. The first kappa shape index (κ1) is 21.4. The molecule has 160 valence electrons. The zero-order valence-corrected chi connectivity index (χ0v) is 18.9. The van der Waals surface area contributed by atoms with E-state index in [4.69, 9.17) is 11.6 Å². The Kier molecular flexibility index (Phi) is 6.59. The minimum Gasteiger partial charge on any atom is -0.362 e. The Morgan fingerprint density at radius 2 is 2.03 bits per heavy atom. The van der Waals surface area contributed by atoms with Crippen molar-refractivity contribution >= 4 is 46.1 Å². The van der Waals surface area contributed by atoms with E-state index in [1.807, 2.05) is 17.5 Å². The molecule has 2 amide bonds. The number of carbonyl (C=O) groups excluding carboxylic acids is 2. The molecule has 2 heterocycles. The number of aryl methyl sites for hydroxylation is 2. The van der Waals surface area contributed by atoms with Gasteiger partial charge >= 0.3 is 0 Å². The predicted molar refractivity (Wildman–Crippen MR) is 127 cm³/mol. The van der Waals surface area contributed by atoms with Crippen molar-refractivity contribution in [2.75, 3.05) is 23.3 Å². The van der Waals surface area contributed by atoms with E-state index in [1.165, 1.54) is 11.1 Å². The average Bonchev–Trinajstić information content (AvgIpc) is 3.27. The van der Waals surface area contributed by atoms with E-state index in [0.29, 0.717) is 22.8 Å². The molecular formula is C24H24ClN3O2S. The number of hydrogen-bond acceptors (Lipinski definition) is 4. The molecule has 31 heavy (non-hydrogen) atoms. The molecule has 5 nitrogen and oxygen atoms in total. The lowest BCUT2D eigenvalue weighted by molar-refractivity contribution is -0.115. The number of halogens is 1. The van der Waals surface area contributed by atoms with E-state index < -0.39 is 0 Å². The van der Waals surface area contributed by atoms with Crippen molar-refractivity contribution in [3.8, 4) is 0 Å². The van der Waals surface area contributed by atoms with E-state index in [1.54, 1.807) is 29.5 Å². The van der Waals surface area contributed by atoms with Crippen LogP contribution in [0.1, 0.15) is 32.8 Å². The highest BCUT2D eigenvalue weighted by Gasteiger charge is 2.20. The van der Waals surface area contributed by atoms with Gasteiger partial charge in [0.15, 0.2) is 0 Å². The number of benzene rings is 2. The average molecular weight is 454 g/mol. The normalized spacial score (nSPS) is 12.9. The second-order valence-corrected chi connectivity index (χ2v) is 9.13. The van der Waals surface area contributed by atoms with Gasteiger partial charge in [0.2, 0.25) is 5.91 Å². The molecule has 0 fully saturated rings. The molecule has 0 atom stereocenters.